The molecule has 0 spiro atoms. The number of fused-ring (bicyclic) bond motifs is 1. The summed E-state index contributed by atoms with van der Waals surface area (Å²) in [5.74, 6) is -0.772. The van der Waals surface area contributed by atoms with Gasteiger partial charge in [0.1, 0.15) is 5.65 Å². The molecule has 100 valence electrons. The SMILES string of the molecule is Cc1ccc2nc(CN(CC(=O)O)C3CC3)cn2c1. The van der Waals surface area contributed by atoms with Gasteiger partial charge in [0.15, 0.2) is 0 Å². The molecule has 0 bridgehead atoms. The minimum absolute atomic E-state index is 0.0948. The van der Waals surface area contributed by atoms with Crippen LogP contribution >= 0.6 is 0 Å². The number of hydrogen-bond donors (Lipinski definition) is 1. The van der Waals surface area contributed by atoms with Gasteiger partial charge in [-0.2, -0.15) is 0 Å². The molecule has 19 heavy (non-hydrogen) atoms. The molecule has 0 unspecified atom stereocenters. The Bertz CT molecular complexity index is 616. The Morgan fingerprint density at radius 2 is 2.26 bits per heavy atom. The monoisotopic (exact) mass is 259 g/mol. The highest BCUT2D eigenvalue weighted by Crippen LogP contribution is 2.27. The number of carboxylic acid groups (broad SMARTS) is 1. The molecule has 5 heteroatoms. The Morgan fingerprint density at radius 1 is 1.47 bits per heavy atom. The highest BCUT2D eigenvalue weighted by Gasteiger charge is 2.30. The zero-order chi connectivity index (χ0) is 13.4. The molecule has 2 aromatic rings. The summed E-state index contributed by atoms with van der Waals surface area (Å²) in [7, 11) is 0. The second-order valence-electron chi connectivity index (χ2n) is 5.23. The molecular formula is C14H17N3O2. The molecular weight excluding hydrogens is 242 g/mol. The van der Waals surface area contributed by atoms with E-state index in [0.29, 0.717) is 12.6 Å². The van der Waals surface area contributed by atoms with Gasteiger partial charge in [0, 0.05) is 25.0 Å². The average molecular weight is 259 g/mol. The average Bonchev–Trinajstić information content (AvgIpc) is 3.10. The van der Waals surface area contributed by atoms with E-state index >= 15 is 0 Å². The summed E-state index contributed by atoms with van der Waals surface area (Å²) in [4.78, 5) is 17.4. The van der Waals surface area contributed by atoms with Crippen LogP contribution in [0.2, 0.25) is 0 Å². The van der Waals surface area contributed by atoms with Crippen LogP contribution in [0.4, 0.5) is 0 Å². The Balaban J connectivity index is 1.81. The molecule has 1 fully saturated rings. The van der Waals surface area contributed by atoms with Crippen LogP contribution in [0, 0.1) is 6.92 Å². The number of pyridine rings is 1. The van der Waals surface area contributed by atoms with E-state index < -0.39 is 5.97 Å². The van der Waals surface area contributed by atoms with Crippen LogP contribution < -0.4 is 0 Å². The van der Waals surface area contributed by atoms with Crippen molar-refractivity contribution in [1.29, 1.82) is 0 Å². The fraction of sp³-hybridized carbons (Fsp3) is 0.429. The van der Waals surface area contributed by atoms with Gasteiger partial charge in [-0.05, 0) is 31.4 Å². The lowest BCUT2D eigenvalue weighted by molar-refractivity contribution is -0.138. The zero-order valence-corrected chi connectivity index (χ0v) is 10.9. The van der Waals surface area contributed by atoms with Crippen LogP contribution in [0.25, 0.3) is 5.65 Å². The van der Waals surface area contributed by atoms with Gasteiger partial charge >= 0.3 is 5.97 Å². The molecule has 1 aliphatic rings. The van der Waals surface area contributed by atoms with Gasteiger partial charge in [0.25, 0.3) is 0 Å². The number of aromatic nitrogens is 2. The zero-order valence-electron chi connectivity index (χ0n) is 10.9. The molecule has 0 amide bonds. The van der Waals surface area contributed by atoms with Crippen molar-refractivity contribution >= 4 is 11.6 Å². The predicted octanol–water partition coefficient (Wildman–Crippen LogP) is 1.69. The Kier molecular flexibility index (Phi) is 2.98. The quantitative estimate of drug-likeness (QED) is 0.887. The molecule has 0 radical (unpaired) electrons. The van der Waals surface area contributed by atoms with Crippen molar-refractivity contribution < 1.29 is 9.90 Å². The van der Waals surface area contributed by atoms with E-state index in [1.165, 1.54) is 5.56 Å². The number of carbonyl (C=O) groups is 1. The van der Waals surface area contributed by atoms with Crippen LogP contribution in [-0.4, -0.2) is 37.9 Å². The number of rotatable bonds is 5. The van der Waals surface area contributed by atoms with Gasteiger partial charge in [0.05, 0.1) is 12.2 Å². The number of aliphatic carboxylic acids is 1. The van der Waals surface area contributed by atoms with E-state index in [4.69, 9.17) is 5.11 Å². The first kappa shape index (κ1) is 12.2. The van der Waals surface area contributed by atoms with Crippen LogP contribution in [0.15, 0.2) is 24.5 Å². The predicted molar refractivity (Wildman–Crippen MR) is 71.0 cm³/mol. The molecule has 0 atom stereocenters. The first-order chi connectivity index (χ1) is 9.11. The Hall–Kier alpha value is -1.88. The van der Waals surface area contributed by atoms with Gasteiger partial charge in [-0.1, -0.05) is 6.07 Å². The standard InChI is InChI=1S/C14H17N3O2/c1-10-2-5-13-15-11(8-17(13)6-10)7-16(9-14(18)19)12-3-4-12/h2,5-6,8,12H,3-4,7,9H2,1H3,(H,18,19). The third-order valence-electron chi connectivity index (χ3n) is 3.42. The minimum atomic E-state index is -0.772. The van der Waals surface area contributed by atoms with Gasteiger partial charge in [-0.3, -0.25) is 9.69 Å². The maximum absolute atomic E-state index is 10.9. The van der Waals surface area contributed by atoms with Crippen molar-refractivity contribution in [3.63, 3.8) is 0 Å². The van der Waals surface area contributed by atoms with E-state index in [9.17, 15) is 4.79 Å². The van der Waals surface area contributed by atoms with Gasteiger partial charge in [-0.25, -0.2) is 4.98 Å². The fourth-order valence-corrected chi connectivity index (χ4v) is 2.37. The summed E-state index contributed by atoms with van der Waals surface area (Å²) in [5.41, 5.74) is 3.02. The summed E-state index contributed by atoms with van der Waals surface area (Å²) in [6.45, 7) is 2.75. The Labute approximate surface area is 111 Å². The van der Waals surface area contributed by atoms with Gasteiger partial charge < -0.3 is 9.51 Å². The van der Waals surface area contributed by atoms with E-state index in [2.05, 4.69) is 4.98 Å². The van der Waals surface area contributed by atoms with Crippen molar-refractivity contribution in [3.05, 3.63) is 35.8 Å². The van der Waals surface area contributed by atoms with E-state index in [1.807, 2.05) is 40.8 Å². The lowest BCUT2D eigenvalue weighted by Gasteiger charge is -2.17. The summed E-state index contributed by atoms with van der Waals surface area (Å²) in [6, 6.07) is 4.43. The van der Waals surface area contributed by atoms with E-state index in [1.54, 1.807) is 0 Å². The smallest absolute Gasteiger partial charge is 0.317 e. The molecule has 1 aliphatic carbocycles. The number of nitrogens with zero attached hydrogens (tertiary/aromatic N) is 3. The second kappa shape index (κ2) is 4.66. The molecule has 1 N–H and O–H groups in total. The van der Waals surface area contributed by atoms with Crippen molar-refractivity contribution in [2.45, 2.75) is 32.4 Å². The highest BCUT2D eigenvalue weighted by molar-refractivity contribution is 5.69. The van der Waals surface area contributed by atoms with Crippen molar-refractivity contribution in [3.8, 4) is 0 Å². The highest BCUT2D eigenvalue weighted by atomic mass is 16.4. The molecule has 2 aromatic heterocycles. The summed E-state index contributed by atoms with van der Waals surface area (Å²) in [5, 5.41) is 8.95. The second-order valence-corrected chi connectivity index (χ2v) is 5.23. The molecule has 3 rings (SSSR count). The molecule has 0 aromatic carbocycles. The lowest BCUT2D eigenvalue weighted by Crippen LogP contribution is -2.31. The molecule has 5 nitrogen and oxygen atoms in total. The molecule has 0 aliphatic heterocycles. The summed E-state index contributed by atoms with van der Waals surface area (Å²) >= 11 is 0. The number of imidazole rings is 1. The maximum atomic E-state index is 10.9. The van der Waals surface area contributed by atoms with Crippen LogP contribution in [0.5, 0.6) is 0 Å². The Morgan fingerprint density at radius 3 is 2.95 bits per heavy atom. The van der Waals surface area contributed by atoms with Crippen molar-refractivity contribution in [2.75, 3.05) is 6.54 Å². The molecule has 1 saturated carbocycles. The molecule has 0 saturated heterocycles. The number of carboxylic acids is 1. The van der Waals surface area contributed by atoms with Crippen LogP contribution in [-0.2, 0) is 11.3 Å². The summed E-state index contributed by atoms with van der Waals surface area (Å²) < 4.78 is 2.00. The van der Waals surface area contributed by atoms with Crippen molar-refractivity contribution in [2.24, 2.45) is 0 Å². The first-order valence-corrected chi connectivity index (χ1v) is 6.52. The topological polar surface area (TPSA) is 57.8 Å². The fourth-order valence-electron chi connectivity index (χ4n) is 2.37. The van der Waals surface area contributed by atoms with Gasteiger partial charge in [0.2, 0.25) is 0 Å². The lowest BCUT2D eigenvalue weighted by atomic mass is 10.3. The third-order valence-corrected chi connectivity index (χ3v) is 3.42. The maximum Gasteiger partial charge on any atom is 0.317 e. The number of aryl methyl sites for hydroxylation is 1. The largest absolute Gasteiger partial charge is 0.480 e. The van der Waals surface area contributed by atoms with E-state index in [-0.39, 0.29) is 6.54 Å². The first-order valence-electron chi connectivity index (χ1n) is 6.52. The van der Waals surface area contributed by atoms with Gasteiger partial charge in [-0.15, -0.1) is 0 Å². The molecule has 2 heterocycles. The van der Waals surface area contributed by atoms with Crippen LogP contribution in [0.1, 0.15) is 24.1 Å². The minimum Gasteiger partial charge on any atom is -0.480 e. The van der Waals surface area contributed by atoms with Crippen molar-refractivity contribution in [1.82, 2.24) is 14.3 Å². The van der Waals surface area contributed by atoms with Crippen LogP contribution in [0.3, 0.4) is 0 Å². The summed E-state index contributed by atoms with van der Waals surface area (Å²) in [6.07, 6.45) is 6.21. The number of hydrogen-bond acceptors (Lipinski definition) is 3. The normalized spacial score (nSPS) is 15.3. The van der Waals surface area contributed by atoms with E-state index in [0.717, 1.165) is 24.2 Å². The third kappa shape index (κ3) is 2.76.